The second-order valence-corrected chi connectivity index (χ2v) is 26.2. The Kier molecular flexibility index (Phi) is 15.3. The Morgan fingerprint density at radius 1 is 0.642 bits per heavy atom. The van der Waals surface area contributed by atoms with E-state index in [1.807, 2.05) is 0 Å². The van der Waals surface area contributed by atoms with Crippen LogP contribution in [0.3, 0.4) is 0 Å². The molecule has 0 saturated heterocycles. The van der Waals surface area contributed by atoms with Crippen LogP contribution < -0.4 is 34.5 Å². The van der Waals surface area contributed by atoms with Gasteiger partial charge in [0.1, 0.15) is 16.3 Å². The molecule has 6 rings (SSSR count). The molecule has 0 aliphatic carbocycles. The summed E-state index contributed by atoms with van der Waals surface area (Å²) < 4.78 is 208. The van der Waals surface area contributed by atoms with Crippen molar-refractivity contribution in [2.24, 2.45) is 0 Å². The Labute approximate surface area is 419 Å². The average Bonchev–Trinajstić information content (AvgIpc) is 3.50. The maximum absolute atomic E-state index is 12.5. The summed E-state index contributed by atoms with van der Waals surface area (Å²) in [6.45, 7) is 6.72. The zero-order chi connectivity index (χ0) is 49.5. The Morgan fingerprint density at radius 3 is 1.60 bits per heavy atom. The van der Waals surface area contributed by atoms with Crippen LogP contribution in [0.2, 0.25) is 0 Å². The van der Waals surface area contributed by atoms with Crippen molar-refractivity contribution in [1.82, 2.24) is 0 Å². The van der Waals surface area contributed by atoms with Gasteiger partial charge in [-0.15, -0.1) is 0 Å². The van der Waals surface area contributed by atoms with Crippen molar-refractivity contribution in [2.45, 2.75) is 70.9 Å². The van der Waals surface area contributed by atoms with Crippen LogP contribution in [0.15, 0.2) is 103 Å². The van der Waals surface area contributed by atoms with Crippen molar-refractivity contribution in [3.63, 3.8) is 0 Å². The van der Waals surface area contributed by atoms with Crippen molar-refractivity contribution >= 4 is 115 Å². The Bertz CT molecular complexity index is 3610. The molecule has 0 fully saturated rings. The van der Waals surface area contributed by atoms with Gasteiger partial charge in [-0.05, 0) is 91.2 Å². The summed E-state index contributed by atoms with van der Waals surface area (Å²) in [5, 5.41) is -0.158. The fourth-order valence-electron chi connectivity index (χ4n) is 8.67. The maximum Gasteiger partial charge on any atom is 1.00 e. The Balaban J connectivity index is 0.00000504. The van der Waals surface area contributed by atoms with Gasteiger partial charge >= 0.3 is 29.6 Å². The number of benzene rings is 4. The Morgan fingerprint density at radius 2 is 1.12 bits per heavy atom. The minimum atomic E-state index is -5.06. The first-order chi connectivity index (χ1) is 29.9. The molecule has 6 N–H and O–H groups in total. The second-order valence-electron chi connectivity index (χ2n) is 16.5. The molecule has 0 radical (unpaired) electrons. The summed E-state index contributed by atoms with van der Waals surface area (Å²) in [7, 11) is -29.0. The number of hydrogen-bond acceptors (Lipinski definition) is 13. The fourth-order valence-corrected chi connectivity index (χ4v) is 12.6. The van der Waals surface area contributed by atoms with Crippen LogP contribution in [0.1, 0.15) is 53.1 Å². The molecule has 0 amide bonds. The van der Waals surface area contributed by atoms with E-state index in [-0.39, 0.29) is 78.5 Å². The minimum Gasteiger partial charge on any atom is -1.00 e. The van der Waals surface area contributed by atoms with Gasteiger partial charge in [0.15, 0.2) is 5.71 Å². The van der Waals surface area contributed by atoms with Gasteiger partial charge in [0.25, 0.3) is 60.7 Å². The van der Waals surface area contributed by atoms with Crippen molar-refractivity contribution in [2.75, 3.05) is 29.5 Å². The maximum atomic E-state index is 12.5. The van der Waals surface area contributed by atoms with Gasteiger partial charge in [-0.1, -0.05) is 35.8 Å². The van der Waals surface area contributed by atoms with Gasteiger partial charge in [-0.3, -0.25) is 27.3 Å². The molecular weight excluding hydrogens is 1080 g/mol. The summed E-state index contributed by atoms with van der Waals surface area (Å²) in [6, 6.07) is 8.92. The van der Waals surface area contributed by atoms with Gasteiger partial charge in [-0.25, -0.2) is 0 Å². The van der Waals surface area contributed by atoms with E-state index >= 15 is 0 Å². The minimum absolute atomic E-state index is 0. The molecule has 4 aromatic carbocycles. The van der Waals surface area contributed by atoms with Gasteiger partial charge in [0.2, 0.25) is 5.69 Å². The number of allylic oxidation sites excluding steroid dienone is 6. The summed E-state index contributed by atoms with van der Waals surface area (Å²) >= 11 is 3.52. The average molecular weight is 1120 g/mol. The van der Waals surface area contributed by atoms with Crippen LogP contribution >= 0.6 is 15.9 Å². The van der Waals surface area contributed by atoms with E-state index in [0.717, 1.165) is 12.1 Å². The molecule has 0 saturated carbocycles. The number of hydrogen-bond donors (Lipinski definition) is 6. The molecule has 0 aromatic heterocycles. The molecule has 2 aliphatic rings. The molecule has 0 atom stereocenters. The van der Waals surface area contributed by atoms with Crippen LogP contribution in [0.5, 0.6) is 0 Å². The summed E-state index contributed by atoms with van der Waals surface area (Å²) in [5.74, 6) is -1.30. The molecule has 28 heteroatoms. The van der Waals surface area contributed by atoms with E-state index in [4.69, 9.17) is 0 Å². The summed E-state index contributed by atoms with van der Waals surface area (Å²) in [5.41, 5.74) is -0.0397. The normalized spacial score (nSPS) is 17.4. The standard InChI is InChI=1S/C39H41BrN2O18S6.Na.H/c1-38(2)34(41(15-5-17-61(43,44)45)30-11-9-26-28(36(30)38)19-24(63(49,50)51)21-32(26)65(55,56)57)13-7-23(40)8-14-35-39(3,4)37-29-20-25(64(52,53)54)22-33(66(58,59)60)27(29)10-12-31(37)42(35)16-6-18-62(46,47)48;;/h7-14,19-22H,5-6,15-18H2,1-4H3,(H5-,43,44,45,46,47,48,49,50,51,52,53,54,55,56,57,58,59,60);;/q;+1;-1/p+1. The van der Waals surface area contributed by atoms with Gasteiger partial charge in [0, 0.05) is 62.7 Å². The van der Waals surface area contributed by atoms with Crippen LogP contribution in [0.4, 0.5) is 11.4 Å². The predicted molar refractivity (Wildman–Crippen MR) is 248 cm³/mol. The molecule has 67 heavy (non-hydrogen) atoms. The quantitative estimate of drug-likeness (QED) is 0.0431. The third-order valence-electron chi connectivity index (χ3n) is 11.3. The molecular formula is C39H43BrN2NaO18S6+. The van der Waals surface area contributed by atoms with Crippen LogP contribution in [-0.2, 0) is 71.5 Å². The third kappa shape index (κ3) is 11.5. The van der Waals surface area contributed by atoms with Gasteiger partial charge in [0.05, 0.1) is 26.7 Å². The number of halogens is 1. The van der Waals surface area contributed by atoms with Crippen LogP contribution in [0.25, 0.3) is 21.5 Å². The van der Waals surface area contributed by atoms with Crippen molar-refractivity contribution in [3.05, 3.63) is 94.1 Å². The van der Waals surface area contributed by atoms with E-state index in [1.54, 1.807) is 61.5 Å². The molecule has 0 bridgehead atoms. The molecule has 4 aromatic rings. The molecule has 2 heterocycles. The van der Waals surface area contributed by atoms with E-state index < -0.39 is 103 Å². The summed E-state index contributed by atoms with van der Waals surface area (Å²) in [4.78, 5) is -1.60. The first-order valence-electron chi connectivity index (χ1n) is 19.2. The van der Waals surface area contributed by atoms with E-state index in [1.165, 1.54) is 24.3 Å². The zero-order valence-electron chi connectivity index (χ0n) is 37.0. The van der Waals surface area contributed by atoms with Crippen LogP contribution in [-0.4, -0.2) is 113 Å². The van der Waals surface area contributed by atoms with E-state index in [9.17, 15) is 77.8 Å². The molecule has 20 nitrogen and oxygen atoms in total. The Hall–Kier alpha value is -2.97. The summed E-state index contributed by atoms with van der Waals surface area (Å²) in [6.07, 6.45) is 6.15. The topological polar surface area (TPSA) is 332 Å². The predicted octanol–water partition coefficient (Wildman–Crippen LogP) is 2.55. The number of fused-ring (bicyclic) bond motifs is 6. The monoisotopic (exact) mass is 1120 g/mol. The van der Waals surface area contributed by atoms with Gasteiger partial charge < -0.3 is 6.33 Å². The molecule has 2 aliphatic heterocycles. The van der Waals surface area contributed by atoms with Crippen molar-refractivity contribution < 1.29 is 113 Å². The number of rotatable bonds is 15. The van der Waals surface area contributed by atoms with E-state index in [0.29, 0.717) is 50.5 Å². The largest absolute Gasteiger partial charge is 1.00 e. The number of anilines is 1. The zero-order valence-corrected chi connectivity index (χ0v) is 44.5. The number of nitrogens with zero attached hydrogens (tertiary/aromatic N) is 2. The van der Waals surface area contributed by atoms with Crippen molar-refractivity contribution in [3.8, 4) is 0 Å². The van der Waals surface area contributed by atoms with Crippen LogP contribution in [0, 0.1) is 0 Å². The molecule has 0 spiro atoms. The van der Waals surface area contributed by atoms with E-state index in [2.05, 4.69) is 15.9 Å². The third-order valence-corrected chi connectivity index (χ3v) is 16.9. The van der Waals surface area contributed by atoms with Crippen molar-refractivity contribution in [1.29, 1.82) is 0 Å². The first kappa shape index (κ1) is 55.0. The SMILES string of the molecule is CC1(C)C(/C=C/C(Br)=C/C=C2/N(CCCS(=O)(=O)O)c3ccc4c(S(=O)(=O)O)cc(S(=O)(=O)O)cc4c3C2(C)C)=[N+](CCCS(=O)(=O)O)c2ccc3c(S(=O)(=O)O)cc(S(=O)(=O)O)cc3c21.[H-].[Na+]. The molecule has 360 valence electrons. The first-order valence-corrected chi connectivity index (χ1v) is 28.9. The fraction of sp³-hybridized carbons (Fsp3) is 0.308. The molecule has 0 unspecified atom stereocenters. The second kappa shape index (κ2) is 18.7. The smallest absolute Gasteiger partial charge is 1.00 e. The van der Waals surface area contributed by atoms with Gasteiger partial charge in [-0.2, -0.15) is 55.1 Å².